The third kappa shape index (κ3) is 9.97. The van der Waals surface area contributed by atoms with Crippen molar-refractivity contribution in [3.8, 4) is 44.8 Å². The molecule has 5 N–H and O–H groups in total. The van der Waals surface area contributed by atoms with E-state index >= 15 is 0 Å². The first-order valence-corrected chi connectivity index (χ1v) is 20.9. The second-order valence-electron chi connectivity index (χ2n) is 13.2. The zero-order valence-electron chi connectivity index (χ0n) is 31.1. The molecule has 14 nitrogen and oxygen atoms in total. The Kier molecular flexibility index (Phi) is 12.7. The fourth-order valence-corrected chi connectivity index (χ4v) is 9.23. The first-order valence-electron chi connectivity index (χ1n) is 18.0. The molecule has 6 aromatic rings. The first-order chi connectivity index (χ1) is 27.6. The Morgan fingerprint density at radius 3 is 1.43 bits per heavy atom. The molecule has 0 amide bonds. The van der Waals surface area contributed by atoms with Gasteiger partial charge in [0.25, 0.3) is 0 Å². The Morgan fingerprint density at radius 2 is 1.00 bits per heavy atom. The van der Waals surface area contributed by atoms with E-state index in [0.717, 1.165) is 43.7 Å². The van der Waals surface area contributed by atoms with Crippen LogP contribution in [-0.2, 0) is 20.0 Å². The minimum atomic E-state index is -4.70. The molecule has 4 aromatic heterocycles. The highest BCUT2D eigenvalue weighted by Gasteiger charge is 2.39. The summed E-state index contributed by atoms with van der Waals surface area (Å²) >= 11 is 0. The van der Waals surface area contributed by atoms with Crippen LogP contribution in [0, 0.1) is 0 Å². The van der Waals surface area contributed by atoms with Crippen LogP contribution in [0.4, 0.5) is 25.1 Å². The molecule has 0 unspecified atom stereocenters. The van der Waals surface area contributed by atoms with E-state index in [-0.39, 0.29) is 22.4 Å². The molecule has 0 spiro atoms. The third-order valence-corrected chi connectivity index (χ3v) is 12.7. The molecule has 0 aliphatic carbocycles. The van der Waals surface area contributed by atoms with Gasteiger partial charge in [0.05, 0.1) is 21.2 Å². The molecule has 0 radical (unpaired) electrons. The lowest BCUT2D eigenvalue weighted by Gasteiger charge is -2.21. The molecule has 2 aromatic carbocycles. The molecular formula is C39H39F3N10O4S2. The van der Waals surface area contributed by atoms with Gasteiger partial charge in [0.15, 0.2) is 0 Å². The molecule has 5 heterocycles. The van der Waals surface area contributed by atoms with Crippen molar-refractivity contribution in [2.24, 2.45) is 0 Å². The molecule has 1 aliphatic rings. The number of sulfonamides is 2. The van der Waals surface area contributed by atoms with Gasteiger partial charge in [-0.1, -0.05) is 61.4 Å². The van der Waals surface area contributed by atoms with Gasteiger partial charge in [-0.05, 0) is 44.0 Å². The normalized spacial score (nSPS) is 14.5. The zero-order chi connectivity index (χ0) is 41.5. The Hall–Kier alpha value is -5.89. The lowest BCUT2D eigenvalue weighted by molar-refractivity contribution is -0.147. The summed E-state index contributed by atoms with van der Waals surface area (Å²) in [7, 11) is -7.98. The highest BCUT2D eigenvalue weighted by Crippen LogP contribution is 2.32. The lowest BCUT2D eigenvalue weighted by atomic mass is 10.1. The van der Waals surface area contributed by atoms with Crippen molar-refractivity contribution in [1.82, 2.24) is 38.9 Å². The second kappa shape index (κ2) is 17.7. The van der Waals surface area contributed by atoms with Crippen molar-refractivity contribution in [2.75, 3.05) is 24.6 Å². The number of nitrogens with two attached hydrogens (primary N) is 2. The predicted octanol–water partition coefficient (Wildman–Crippen LogP) is 6.37. The van der Waals surface area contributed by atoms with Crippen molar-refractivity contribution in [3.05, 3.63) is 110 Å². The van der Waals surface area contributed by atoms with E-state index in [1.165, 1.54) is 36.8 Å². The molecule has 1 aliphatic heterocycles. The lowest BCUT2D eigenvalue weighted by Crippen LogP contribution is -2.43. The average molecular weight is 833 g/mol. The van der Waals surface area contributed by atoms with E-state index in [1.54, 1.807) is 57.9 Å². The smallest absolute Gasteiger partial charge is 0.368 e. The summed E-state index contributed by atoms with van der Waals surface area (Å²) in [5.74, 6) is 0.322. The summed E-state index contributed by atoms with van der Waals surface area (Å²) in [6, 6.07) is 17.6. The summed E-state index contributed by atoms with van der Waals surface area (Å²) < 4.78 is 93.4. The number of nitrogens with one attached hydrogen (secondary N) is 1. The summed E-state index contributed by atoms with van der Waals surface area (Å²) in [5.41, 5.74) is 15.6. The summed E-state index contributed by atoms with van der Waals surface area (Å²) in [4.78, 5) is 24.5. The zero-order valence-corrected chi connectivity index (χ0v) is 32.7. The number of hydrogen-bond donors (Lipinski definition) is 3. The van der Waals surface area contributed by atoms with Crippen LogP contribution in [-0.4, -0.2) is 76.4 Å². The number of rotatable bonds is 9. The van der Waals surface area contributed by atoms with Gasteiger partial charge < -0.3 is 11.5 Å². The van der Waals surface area contributed by atoms with Gasteiger partial charge in [0.2, 0.25) is 31.9 Å². The number of alkyl halides is 3. The summed E-state index contributed by atoms with van der Waals surface area (Å²) in [6.45, 7) is 1.89. The van der Waals surface area contributed by atoms with Gasteiger partial charge in [0.1, 0.15) is 6.04 Å². The third-order valence-electron chi connectivity index (χ3n) is 9.15. The van der Waals surface area contributed by atoms with Gasteiger partial charge in [0, 0.05) is 83.7 Å². The number of nitrogens with zero attached hydrogens (tertiary/aromatic N) is 7. The number of anilines is 2. The second-order valence-corrected chi connectivity index (χ2v) is 16.8. The highest BCUT2D eigenvalue weighted by molar-refractivity contribution is 7.89. The van der Waals surface area contributed by atoms with Crippen molar-refractivity contribution in [3.63, 3.8) is 0 Å². The number of aromatic nitrogens is 6. The minimum absolute atomic E-state index is 0.116. The Morgan fingerprint density at radius 1 is 0.586 bits per heavy atom. The summed E-state index contributed by atoms with van der Waals surface area (Å²) in [5, 5.41) is 0. The standard InChI is InChI=1S/C21H23N5O2S.C18H16F3N5O2S/c22-21-24-14-17(15-25-21)19-10-9-16(13-23-19)18-7-3-4-8-20(18)29(27,28)26-11-5-1-2-6-12-26;1-11(18(19,20)21)26-29(27,28)16-5-3-2-4-14(16)12-6-7-15(23-8-12)13-9-24-17(22)25-10-13/h3-4,7-10,13-15H,1-2,5-6,11-12H2,(H2,22,24,25);2-11,26H,1H3,(H2,22,24,25)/t;11-/m.0/s1. The van der Waals surface area contributed by atoms with Crippen LogP contribution < -0.4 is 16.2 Å². The fraction of sp³-hybridized carbons (Fsp3) is 0.231. The molecule has 0 saturated carbocycles. The van der Waals surface area contributed by atoms with Gasteiger partial charge >= 0.3 is 6.18 Å². The molecular weight excluding hydrogens is 794 g/mol. The number of hydrogen-bond acceptors (Lipinski definition) is 12. The maximum atomic E-state index is 13.3. The van der Waals surface area contributed by atoms with Gasteiger partial charge in [-0.2, -0.15) is 22.2 Å². The molecule has 0 bridgehead atoms. The van der Waals surface area contributed by atoms with Crippen LogP contribution in [0.15, 0.2) is 120 Å². The number of pyridine rings is 2. The van der Waals surface area contributed by atoms with Crippen molar-refractivity contribution in [1.29, 1.82) is 0 Å². The maximum Gasteiger partial charge on any atom is 0.404 e. The van der Waals surface area contributed by atoms with Crippen molar-refractivity contribution >= 4 is 31.9 Å². The van der Waals surface area contributed by atoms with Gasteiger partial charge in [-0.3, -0.25) is 9.97 Å². The van der Waals surface area contributed by atoms with Gasteiger partial charge in [-0.15, -0.1) is 0 Å². The van der Waals surface area contributed by atoms with Crippen molar-refractivity contribution in [2.45, 2.75) is 54.6 Å². The van der Waals surface area contributed by atoms with Gasteiger partial charge in [-0.25, -0.2) is 36.8 Å². The van der Waals surface area contributed by atoms with E-state index in [4.69, 9.17) is 11.5 Å². The molecule has 7 rings (SSSR count). The number of halogens is 3. The molecule has 1 atom stereocenters. The molecule has 1 saturated heterocycles. The Balaban J connectivity index is 0.000000196. The summed E-state index contributed by atoms with van der Waals surface area (Å²) in [6.07, 6.45) is 8.58. The quantitative estimate of drug-likeness (QED) is 0.145. The molecule has 19 heteroatoms. The van der Waals surface area contributed by atoms with E-state index in [1.807, 2.05) is 24.3 Å². The molecule has 1 fully saturated rings. The molecule has 302 valence electrons. The van der Waals surface area contributed by atoms with E-state index in [9.17, 15) is 30.0 Å². The maximum absolute atomic E-state index is 13.3. The first kappa shape index (κ1) is 41.7. The van der Waals surface area contributed by atoms with Crippen LogP contribution >= 0.6 is 0 Å². The fourth-order valence-electron chi connectivity index (χ4n) is 6.04. The van der Waals surface area contributed by atoms with E-state index < -0.39 is 32.3 Å². The van der Waals surface area contributed by atoms with Crippen molar-refractivity contribution < 1.29 is 30.0 Å². The topological polar surface area (TPSA) is 213 Å². The Bertz CT molecular complexity index is 2540. The average Bonchev–Trinajstić information content (AvgIpc) is 3.52. The Labute approximate surface area is 333 Å². The number of benzene rings is 2. The van der Waals surface area contributed by atoms with E-state index in [0.29, 0.717) is 46.1 Å². The van der Waals surface area contributed by atoms with Crippen LogP contribution in [0.2, 0.25) is 0 Å². The van der Waals surface area contributed by atoms with Crippen LogP contribution in [0.5, 0.6) is 0 Å². The monoisotopic (exact) mass is 832 g/mol. The number of nitrogen functional groups attached to an aromatic ring is 2. The van der Waals surface area contributed by atoms with Crippen LogP contribution in [0.3, 0.4) is 0 Å². The van der Waals surface area contributed by atoms with E-state index in [2.05, 4.69) is 29.9 Å². The SMILES string of the molecule is C[C@H](NS(=O)(=O)c1ccccc1-c1ccc(-c2cnc(N)nc2)nc1)C(F)(F)F.Nc1ncc(-c2ccc(-c3ccccc3S(=O)(=O)N3CCCCCC3)cn2)cn1. The molecule has 58 heavy (non-hydrogen) atoms. The highest BCUT2D eigenvalue weighted by atomic mass is 32.2. The van der Waals surface area contributed by atoms with Crippen LogP contribution in [0.25, 0.3) is 44.8 Å². The minimum Gasteiger partial charge on any atom is -0.368 e. The van der Waals surface area contributed by atoms with Crippen LogP contribution in [0.1, 0.15) is 32.6 Å². The predicted molar refractivity (Wildman–Crippen MR) is 213 cm³/mol. The largest absolute Gasteiger partial charge is 0.404 e.